The van der Waals surface area contributed by atoms with Crippen molar-refractivity contribution in [2.75, 3.05) is 24.8 Å². The summed E-state index contributed by atoms with van der Waals surface area (Å²) in [5.41, 5.74) is 0.0263. The van der Waals surface area contributed by atoms with Crippen LogP contribution in [0.2, 0.25) is 0 Å². The van der Waals surface area contributed by atoms with Crippen LogP contribution in [0.1, 0.15) is 27.7 Å². The van der Waals surface area contributed by atoms with Gasteiger partial charge in [-0.25, -0.2) is 0 Å². The van der Waals surface area contributed by atoms with Crippen molar-refractivity contribution in [3.8, 4) is 17.2 Å². The highest BCUT2D eigenvalue weighted by Gasteiger charge is 2.39. The lowest BCUT2D eigenvalue weighted by Gasteiger charge is -2.43. The van der Waals surface area contributed by atoms with Crippen LogP contribution in [-0.4, -0.2) is 46.8 Å². The van der Waals surface area contributed by atoms with Crippen molar-refractivity contribution >= 4 is 5.91 Å². The number of ether oxygens (including phenoxy) is 2. The van der Waals surface area contributed by atoms with Gasteiger partial charge in [-0.3, -0.25) is 19.3 Å². The van der Waals surface area contributed by atoms with Gasteiger partial charge in [0.15, 0.2) is 22.9 Å². The highest BCUT2D eigenvalue weighted by Crippen LogP contribution is 2.42. The predicted molar refractivity (Wildman–Crippen MR) is 123 cm³/mol. The summed E-state index contributed by atoms with van der Waals surface area (Å²) >= 11 is 0. The van der Waals surface area contributed by atoms with Gasteiger partial charge in [-0.1, -0.05) is 48.5 Å². The van der Waals surface area contributed by atoms with Crippen LogP contribution in [-0.2, 0) is 0 Å². The number of fused-ring (bicyclic) bond motifs is 5. The topological polar surface area (TPSA) is 84.2 Å². The summed E-state index contributed by atoms with van der Waals surface area (Å²) in [7, 11) is 0. The van der Waals surface area contributed by atoms with E-state index >= 15 is 0 Å². The average molecular weight is 499 g/mol. The van der Waals surface area contributed by atoms with Crippen LogP contribution in [0.15, 0.2) is 77.7 Å². The van der Waals surface area contributed by atoms with E-state index in [0.29, 0.717) is 11.1 Å². The van der Waals surface area contributed by atoms with Gasteiger partial charge in [0.25, 0.3) is 5.91 Å². The maximum absolute atomic E-state index is 13.2. The zero-order valence-corrected chi connectivity index (χ0v) is 18.7. The molecule has 2 bridgehead atoms. The molecule has 186 valence electrons. The Morgan fingerprint density at radius 2 is 1.78 bits per heavy atom. The Morgan fingerprint density at radius 1 is 1.00 bits per heavy atom. The summed E-state index contributed by atoms with van der Waals surface area (Å²) in [6.07, 6.45) is -0.399. The number of halogens is 3. The number of benzene rings is 2. The fraction of sp³-hybridized carbons (Fsp3) is 0.200. The number of hydrogen-bond donors (Lipinski definition) is 1. The van der Waals surface area contributed by atoms with Gasteiger partial charge in [-0.2, -0.15) is 0 Å². The Balaban J connectivity index is 1.80. The van der Waals surface area contributed by atoms with E-state index in [0.717, 1.165) is 6.07 Å². The van der Waals surface area contributed by atoms with Crippen LogP contribution in [0.4, 0.5) is 13.2 Å². The molecule has 1 amide bonds. The highest BCUT2D eigenvalue weighted by molar-refractivity contribution is 5.96. The van der Waals surface area contributed by atoms with E-state index in [1.54, 1.807) is 53.6 Å². The van der Waals surface area contributed by atoms with Gasteiger partial charge in [0, 0.05) is 24.4 Å². The molecule has 1 aromatic heterocycles. The number of carbonyl (C=O) groups excluding carboxylic acids is 1. The zero-order valence-electron chi connectivity index (χ0n) is 18.7. The zero-order chi connectivity index (χ0) is 25.4. The SMILES string of the molecule is O=C1c2c(O)c(=O)ccn2N2CN1C/C=C\COc1c(OC(F)(F)F)cccc1C2c1ccccc1. The molecule has 2 aliphatic heterocycles. The minimum Gasteiger partial charge on any atom is -0.502 e. The molecular formula is C25H20F3N3O5. The van der Waals surface area contributed by atoms with Gasteiger partial charge >= 0.3 is 6.36 Å². The second kappa shape index (κ2) is 8.99. The Kier molecular flexibility index (Phi) is 5.83. The first kappa shape index (κ1) is 23.3. The average Bonchev–Trinajstić information content (AvgIpc) is 2.87. The van der Waals surface area contributed by atoms with Gasteiger partial charge in [0.1, 0.15) is 19.3 Å². The Morgan fingerprint density at radius 3 is 2.53 bits per heavy atom. The number of aromatic nitrogens is 1. The number of aromatic hydroxyl groups is 1. The van der Waals surface area contributed by atoms with E-state index in [1.165, 1.54) is 27.9 Å². The molecule has 2 aromatic carbocycles. The summed E-state index contributed by atoms with van der Waals surface area (Å²) in [5, 5.41) is 12.2. The van der Waals surface area contributed by atoms with Gasteiger partial charge < -0.3 is 19.5 Å². The first-order chi connectivity index (χ1) is 17.2. The van der Waals surface area contributed by atoms with Crippen LogP contribution in [0.3, 0.4) is 0 Å². The Hall–Kier alpha value is -4.41. The minimum atomic E-state index is -4.95. The summed E-state index contributed by atoms with van der Waals surface area (Å²) in [4.78, 5) is 26.8. The van der Waals surface area contributed by atoms with E-state index in [9.17, 15) is 27.9 Å². The summed E-state index contributed by atoms with van der Waals surface area (Å²) < 4.78 is 51.2. The minimum absolute atomic E-state index is 0.00183. The first-order valence-electron chi connectivity index (χ1n) is 11.0. The molecule has 2 aliphatic rings. The van der Waals surface area contributed by atoms with Gasteiger partial charge in [0.05, 0.1) is 0 Å². The monoisotopic (exact) mass is 499 g/mol. The first-order valence-corrected chi connectivity index (χ1v) is 11.0. The third-order valence-electron chi connectivity index (χ3n) is 5.90. The smallest absolute Gasteiger partial charge is 0.502 e. The molecule has 36 heavy (non-hydrogen) atoms. The van der Waals surface area contributed by atoms with E-state index in [-0.39, 0.29) is 31.3 Å². The van der Waals surface area contributed by atoms with Crippen molar-refractivity contribution in [1.29, 1.82) is 0 Å². The van der Waals surface area contributed by atoms with Crippen molar-refractivity contribution in [2.45, 2.75) is 12.4 Å². The van der Waals surface area contributed by atoms with Gasteiger partial charge in [0.2, 0.25) is 5.43 Å². The normalized spacial score (nSPS) is 18.4. The molecule has 3 aromatic rings. The second-order valence-corrected chi connectivity index (χ2v) is 8.15. The number of amides is 1. The molecule has 0 aliphatic carbocycles. The number of rotatable bonds is 2. The second-order valence-electron chi connectivity index (χ2n) is 8.15. The molecule has 11 heteroatoms. The van der Waals surface area contributed by atoms with Crippen molar-refractivity contribution in [3.63, 3.8) is 0 Å². The van der Waals surface area contributed by atoms with Crippen LogP contribution in [0, 0.1) is 0 Å². The van der Waals surface area contributed by atoms with Crippen LogP contribution >= 0.6 is 0 Å². The predicted octanol–water partition coefficient (Wildman–Crippen LogP) is 3.54. The molecule has 0 fully saturated rings. The van der Waals surface area contributed by atoms with E-state index < -0.39 is 35.2 Å². The molecule has 0 saturated heterocycles. The lowest BCUT2D eigenvalue weighted by atomic mass is 9.96. The molecule has 0 radical (unpaired) electrons. The van der Waals surface area contributed by atoms with Gasteiger partial charge in [-0.15, -0.1) is 13.2 Å². The molecule has 8 nitrogen and oxygen atoms in total. The fourth-order valence-corrected chi connectivity index (χ4v) is 4.39. The van der Waals surface area contributed by atoms with Crippen LogP contribution in [0.25, 0.3) is 0 Å². The number of para-hydroxylation sites is 1. The number of carbonyl (C=O) groups is 1. The Labute approximate surface area is 203 Å². The molecule has 0 spiro atoms. The molecule has 1 unspecified atom stereocenters. The van der Waals surface area contributed by atoms with Crippen molar-refractivity contribution in [2.24, 2.45) is 0 Å². The molecule has 5 rings (SSSR count). The summed E-state index contributed by atoms with van der Waals surface area (Å²) in [6.45, 7) is 0.0393. The van der Waals surface area contributed by atoms with Crippen molar-refractivity contribution < 1.29 is 32.5 Å². The third-order valence-corrected chi connectivity index (χ3v) is 5.90. The summed E-state index contributed by atoms with van der Waals surface area (Å²) in [5.74, 6) is -1.91. The number of pyridine rings is 1. The third kappa shape index (κ3) is 4.23. The fourth-order valence-electron chi connectivity index (χ4n) is 4.39. The molecule has 3 heterocycles. The van der Waals surface area contributed by atoms with Crippen LogP contribution < -0.4 is 19.9 Å². The largest absolute Gasteiger partial charge is 0.573 e. The maximum Gasteiger partial charge on any atom is 0.573 e. The van der Waals surface area contributed by atoms with E-state index in [4.69, 9.17) is 4.74 Å². The molecule has 0 saturated carbocycles. The quantitative estimate of drug-likeness (QED) is 0.543. The van der Waals surface area contributed by atoms with E-state index in [1.807, 2.05) is 0 Å². The Bertz CT molecular complexity index is 1390. The van der Waals surface area contributed by atoms with E-state index in [2.05, 4.69) is 4.74 Å². The highest BCUT2D eigenvalue weighted by atomic mass is 19.4. The molecular weight excluding hydrogens is 479 g/mol. The molecule has 1 atom stereocenters. The van der Waals surface area contributed by atoms with Gasteiger partial charge in [-0.05, 0) is 17.7 Å². The standard InChI is InChI=1S/C25H20F3N3O5/c26-25(27,28)36-19-10-6-9-17-20(16-7-2-1-3-8-16)31-15-29(12-4-5-14-35-23(17)19)24(34)21-22(33)18(32)11-13-30(21)31/h1-11,13,20,33H,12,14-15H2/b5-4-. The number of alkyl halides is 3. The lowest BCUT2D eigenvalue weighted by Crippen LogP contribution is -2.55. The number of nitrogens with zero attached hydrogens (tertiary/aromatic N) is 3. The number of hydrogen-bond acceptors (Lipinski definition) is 6. The summed E-state index contributed by atoms with van der Waals surface area (Å²) in [6, 6.07) is 13.4. The van der Waals surface area contributed by atoms with Crippen molar-refractivity contribution in [3.05, 3.63) is 100.0 Å². The van der Waals surface area contributed by atoms with Crippen LogP contribution in [0.5, 0.6) is 17.2 Å². The lowest BCUT2D eigenvalue weighted by molar-refractivity contribution is -0.275. The molecule has 1 N–H and O–H groups in total. The maximum atomic E-state index is 13.2. The van der Waals surface area contributed by atoms with Crippen molar-refractivity contribution in [1.82, 2.24) is 9.58 Å².